The molecule has 0 aromatic heterocycles. The lowest BCUT2D eigenvalue weighted by atomic mass is 9.66. The van der Waals surface area contributed by atoms with Crippen molar-refractivity contribution < 1.29 is 0 Å². The van der Waals surface area contributed by atoms with Crippen LogP contribution in [0.5, 0.6) is 0 Å². The zero-order valence-corrected chi connectivity index (χ0v) is 19.7. The molecule has 0 amide bonds. The topological polar surface area (TPSA) is 0 Å². The van der Waals surface area contributed by atoms with E-state index in [0.717, 1.165) is 0 Å². The molecule has 1 aromatic rings. The molecule has 27 heavy (non-hydrogen) atoms. The second-order valence-electron chi connectivity index (χ2n) is 9.46. The summed E-state index contributed by atoms with van der Waals surface area (Å²) in [6.45, 7) is 16.4. The molecule has 0 bridgehead atoms. The number of benzene rings is 1. The minimum absolute atomic E-state index is 0.258. The van der Waals surface area contributed by atoms with Crippen LogP contribution in [0.25, 0.3) is 0 Å². The van der Waals surface area contributed by atoms with E-state index in [4.69, 9.17) is 0 Å². The highest BCUT2D eigenvalue weighted by Gasteiger charge is 2.44. The molecule has 1 aromatic carbocycles. The van der Waals surface area contributed by atoms with Gasteiger partial charge in [0.15, 0.2) is 0 Å². The molecule has 3 rings (SSSR count). The summed E-state index contributed by atoms with van der Waals surface area (Å²) in [5.74, 6) is 0.645. The van der Waals surface area contributed by atoms with E-state index in [1.54, 1.807) is 10.8 Å². The molecule has 144 valence electrons. The van der Waals surface area contributed by atoms with Crippen LogP contribution in [-0.2, 0) is 0 Å². The molecular weight excluding hydrogens is 340 g/mol. The number of hydrogen-bond donors (Lipinski definition) is 0. The minimum Gasteiger partial charge on any atom is -0.0837 e. The Bertz CT molecular complexity index is 829. The second-order valence-corrected chi connectivity index (χ2v) is 11.9. The first-order chi connectivity index (χ1) is 12.7. The van der Waals surface area contributed by atoms with Gasteiger partial charge in [-0.05, 0) is 64.4 Å². The minimum atomic E-state index is -0.502. The van der Waals surface area contributed by atoms with E-state index >= 15 is 0 Å². The van der Waals surface area contributed by atoms with Gasteiger partial charge in [-0.25, -0.2) is 0 Å². The van der Waals surface area contributed by atoms with Crippen molar-refractivity contribution in [1.29, 1.82) is 0 Å². The molecule has 0 saturated carbocycles. The van der Waals surface area contributed by atoms with E-state index in [2.05, 4.69) is 97.0 Å². The van der Waals surface area contributed by atoms with Gasteiger partial charge in [0.1, 0.15) is 0 Å². The molecule has 0 nitrogen and oxygen atoms in total. The van der Waals surface area contributed by atoms with E-state index in [1.807, 2.05) is 0 Å². The summed E-state index contributed by atoms with van der Waals surface area (Å²) in [6, 6.07) is 7.20. The van der Waals surface area contributed by atoms with Crippen LogP contribution in [0.15, 0.2) is 65.3 Å². The third kappa shape index (κ3) is 3.85. The molecule has 2 atom stereocenters. The zero-order valence-electron chi connectivity index (χ0n) is 18.3. The normalized spacial score (nSPS) is 28.1. The molecule has 0 heterocycles. The van der Waals surface area contributed by atoms with Crippen LogP contribution in [0.2, 0.25) is 5.04 Å². The predicted octanol–water partition coefficient (Wildman–Crippen LogP) is 6.10. The summed E-state index contributed by atoms with van der Waals surface area (Å²) in [5, 5.41) is 1.87. The lowest BCUT2D eigenvalue weighted by Gasteiger charge is -2.44. The molecule has 1 heteroatoms. The highest BCUT2D eigenvalue weighted by atomic mass is 28.2. The summed E-state index contributed by atoms with van der Waals surface area (Å²) >= 11 is 0. The van der Waals surface area contributed by atoms with Gasteiger partial charge in [0.2, 0.25) is 0 Å². The summed E-state index contributed by atoms with van der Waals surface area (Å²) in [7, 11) is -0.502. The number of aryl methyl sites for hydroxylation is 2. The van der Waals surface area contributed by atoms with Crippen LogP contribution in [-0.4, -0.2) is 9.52 Å². The van der Waals surface area contributed by atoms with Gasteiger partial charge in [-0.3, -0.25) is 0 Å². The largest absolute Gasteiger partial charge is 0.0837 e. The highest BCUT2D eigenvalue weighted by molar-refractivity contribution is 6.58. The zero-order chi connectivity index (χ0) is 19.8. The fourth-order valence-corrected chi connectivity index (χ4v) is 8.40. The van der Waals surface area contributed by atoms with Gasteiger partial charge in [-0.15, -0.1) is 0 Å². The molecule has 0 fully saturated rings. The third-order valence-electron chi connectivity index (χ3n) is 7.16. The van der Waals surface area contributed by atoms with Crippen molar-refractivity contribution in [3.63, 3.8) is 0 Å². The van der Waals surface area contributed by atoms with E-state index in [-0.39, 0.29) is 10.5 Å². The molecule has 0 radical (unpaired) electrons. The maximum atomic E-state index is 2.65. The Morgan fingerprint density at radius 3 is 2.11 bits per heavy atom. The van der Waals surface area contributed by atoms with Gasteiger partial charge in [-0.2, -0.15) is 0 Å². The fourth-order valence-electron chi connectivity index (χ4n) is 5.30. The van der Waals surface area contributed by atoms with E-state index in [9.17, 15) is 0 Å². The molecule has 0 saturated heterocycles. The van der Waals surface area contributed by atoms with Crippen molar-refractivity contribution in [3.8, 4) is 0 Å². The van der Waals surface area contributed by atoms with E-state index in [1.165, 1.54) is 35.1 Å². The van der Waals surface area contributed by atoms with Crippen molar-refractivity contribution in [2.45, 2.75) is 66.3 Å². The van der Waals surface area contributed by atoms with Crippen molar-refractivity contribution in [3.05, 3.63) is 76.4 Å². The first kappa shape index (κ1) is 20.1. The van der Waals surface area contributed by atoms with Crippen LogP contribution >= 0.6 is 0 Å². The maximum absolute atomic E-state index is 2.65. The monoisotopic (exact) mass is 376 g/mol. The van der Waals surface area contributed by atoms with Gasteiger partial charge in [0, 0.05) is 5.04 Å². The van der Waals surface area contributed by atoms with Crippen LogP contribution < -0.4 is 5.19 Å². The van der Waals surface area contributed by atoms with Crippen molar-refractivity contribution in [2.24, 2.45) is 11.3 Å². The fraction of sp³-hybridized carbons (Fsp3) is 0.462. The summed E-state index contributed by atoms with van der Waals surface area (Å²) < 4.78 is 0. The Labute approximate surface area is 169 Å². The SMILES string of the molecule is CC1=CC(CC2(C(C)C)C=CC=CC2)([SiH2]c2cc(C)cc(C)c2)C(C)=C1C. The van der Waals surface area contributed by atoms with Crippen LogP contribution in [0.1, 0.15) is 58.6 Å². The average Bonchev–Trinajstić information content (AvgIpc) is 2.78. The van der Waals surface area contributed by atoms with Crippen molar-refractivity contribution >= 4 is 14.7 Å². The summed E-state index contributed by atoms with van der Waals surface area (Å²) in [4.78, 5) is 0. The molecule has 0 spiro atoms. The maximum Gasteiger partial charge on any atom is 0.0706 e. The Hall–Kier alpha value is -1.60. The Morgan fingerprint density at radius 1 is 0.963 bits per heavy atom. The molecule has 0 N–H and O–H groups in total. The molecule has 2 aliphatic carbocycles. The lowest BCUT2D eigenvalue weighted by molar-refractivity contribution is 0.231. The number of rotatable bonds is 5. The second kappa shape index (κ2) is 7.43. The summed E-state index contributed by atoms with van der Waals surface area (Å²) in [5.41, 5.74) is 7.74. The average molecular weight is 377 g/mol. The number of hydrogen-bond acceptors (Lipinski definition) is 0. The predicted molar refractivity (Wildman–Crippen MR) is 124 cm³/mol. The molecule has 0 aliphatic heterocycles. The van der Waals surface area contributed by atoms with Crippen molar-refractivity contribution in [1.82, 2.24) is 0 Å². The first-order valence-electron chi connectivity index (χ1n) is 10.5. The lowest BCUT2D eigenvalue weighted by Crippen LogP contribution is -2.37. The third-order valence-corrected chi connectivity index (χ3v) is 9.59. The van der Waals surface area contributed by atoms with Crippen LogP contribution in [0, 0.1) is 25.2 Å². The molecule has 2 aliphatic rings. The van der Waals surface area contributed by atoms with E-state index in [0.29, 0.717) is 5.92 Å². The highest BCUT2D eigenvalue weighted by Crippen LogP contribution is 2.56. The number of allylic oxidation sites excluding steroid dienone is 8. The van der Waals surface area contributed by atoms with Gasteiger partial charge < -0.3 is 0 Å². The molecule has 2 unspecified atom stereocenters. The molecular formula is C26H36Si. The van der Waals surface area contributed by atoms with Gasteiger partial charge in [-0.1, -0.05) is 89.9 Å². The van der Waals surface area contributed by atoms with Crippen LogP contribution in [0.4, 0.5) is 0 Å². The van der Waals surface area contributed by atoms with E-state index < -0.39 is 9.52 Å². The standard InChI is InChI=1S/C26H36Si/c1-18(2)25(11-9-8-10-12-25)17-26(16-21(5)22(6)23(26)7)27-24-14-19(3)13-20(4)15-24/h8-11,13-16,18H,12,17,27H2,1-7H3. The van der Waals surface area contributed by atoms with Crippen molar-refractivity contribution in [2.75, 3.05) is 0 Å². The van der Waals surface area contributed by atoms with Gasteiger partial charge in [0.25, 0.3) is 0 Å². The summed E-state index contributed by atoms with van der Waals surface area (Å²) in [6.07, 6.45) is 14.5. The Morgan fingerprint density at radius 2 is 1.63 bits per heavy atom. The smallest absolute Gasteiger partial charge is 0.0706 e. The van der Waals surface area contributed by atoms with Crippen LogP contribution in [0.3, 0.4) is 0 Å². The van der Waals surface area contributed by atoms with Gasteiger partial charge in [0.05, 0.1) is 9.52 Å². The Kier molecular flexibility index (Phi) is 5.54. The first-order valence-corrected chi connectivity index (χ1v) is 11.9. The quantitative estimate of drug-likeness (QED) is 0.545. The Balaban J connectivity index is 2.07. The van der Waals surface area contributed by atoms with Gasteiger partial charge >= 0.3 is 0 Å².